The van der Waals surface area contributed by atoms with E-state index in [4.69, 9.17) is 14.2 Å². The molecule has 2 rings (SSSR count). The second-order valence-electron chi connectivity index (χ2n) is 5.65. The van der Waals surface area contributed by atoms with Crippen LogP contribution in [0.2, 0.25) is 0 Å². The number of methoxy groups -OCH3 is 3. The molecule has 0 amide bonds. The van der Waals surface area contributed by atoms with E-state index in [1.165, 1.54) is 32.1 Å². The molecular formula is C17H27NO3. The Kier molecular flexibility index (Phi) is 6.18. The van der Waals surface area contributed by atoms with E-state index in [2.05, 4.69) is 5.32 Å². The molecule has 0 heterocycles. The van der Waals surface area contributed by atoms with Gasteiger partial charge in [-0.25, -0.2) is 0 Å². The molecule has 4 heteroatoms. The molecule has 0 aliphatic heterocycles. The summed E-state index contributed by atoms with van der Waals surface area (Å²) in [5.74, 6) is 3.18. The van der Waals surface area contributed by atoms with Gasteiger partial charge in [-0.1, -0.05) is 19.3 Å². The molecule has 4 nitrogen and oxygen atoms in total. The van der Waals surface area contributed by atoms with Crippen LogP contribution in [0.25, 0.3) is 0 Å². The van der Waals surface area contributed by atoms with Crippen LogP contribution in [0, 0.1) is 5.92 Å². The van der Waals surface area contributed by atoms with Gasteiger partial charge in [-0.3, -0.25) is 0 Å². The maximum Gasteiger partial charge on any atom is 0.130 e. The first-order chi connectivity index (χ1) is 10.3. The van der Waals surface area contributed by atoms with Crippen molar-refractivity contribution >= 4 is 0 Å². The summed E-state index contributed by atoms with van der Waals surface area (Å²) in [6.45, 7) is 1.82. The Balaban J connectivity index is 2.00. The molecule has 1 aliphatic rings. The van der Waals surface area contributed by atoms with E-state index in [0.717, 1.165) is 41.8 Å². The molecular weight excluding hydrogens is 266 g/mol. The van der Waals surface area contributed by atoms with Crippen LogP contribution in [0.3, 0.4) is 0 Å². The van der Waals surface area contributed by atoms with E-state index in [-0.39, 0.29) is 0 Å². The van der Waals surface area contributed by atoms with Gasteiger partial charge in [-0.2, -0.15) is 0 Å². The molecule has 0 bridgehead atoms. The highest BCUT2D eigenvalue weighted by Gasteiger charge is 2.15. The molecule has 0 aromatic heterocycles. The lowest BCUT2D eigenvalue weighted by Gasteiger charge is -2.22. The summed E-state index contributed by atoms with van der Waals surface area (Å²) in [5.41, 5.74) is 1.05. The van der Waals surface area contributed by atoms with Crippen LogP contribution in [-0.2, 0) is 6.54 Å². The lowest BCUT2D eigenvalue weighted by molar-refractivity contribution is 0.336. The largest absolute Gasteiger partial charge is 0.496 e. The van der Waals surface area contributed by atoms with Crippen molar-refractivity contribution in [3.8, 4) is 17.2 Å². The van der Waals surface area contributed by atoms with Crippen molar-refractivity contribution in [2.45, 2.75) is 38.6 Å². The normalized spacial score (nSPS) is 15.8. The predicted molar refractivity (Wildman–Crippen MR) is 84.4 cm³/mol. The second kappa shape index (κ2) is 8.13. The number of hydrogen-bond donors (Lipinski definition) is 1. The van der Waals surface area contributed by atoms with Crippen LogP contribution in [-0.4, -0.2) is 27.9 Å². The minimum Gasteiger partial charge on any atom is -0.496 e. The van der Waals surface area contributed by atoms with Gasteiger partial charge in [0.2, 0.25) is 0 Å². The van der Waals surface area contributed by atoms with Crippen molar-refractivity contribution in [2.24, 2.45) is 5.92 Å². The standard InChI is InChI=1S/C17H27NO3/c1-19-14-9-16(20-2)15(17(10-14)21-3)12-18-11-13-7-5-4-6-8-13/h9-10,13,18H,4-8,11-12H2,1-3H3. The Morgan fingerprint density at radius 1 is 0.952 bits per heavy atom. The zero-order valence-corrected chi connectivity index (χ0v) is 13.4. The predicted octanol–water partition coefficient (Wildman–Crippen LogP) is 3.38. The van der Waals surface area contributed by atoms with Crippen molar-refractivity contribution in [2.75, 3.05) is 27.9 Å². The monoisotopic (exact) mass is 293 g/mol. The van der Waals surface area contributed by atoms with E-state index in [1.807, 2.05) is 12.1 Å². The summed E-state index contributed by atoms with van der Waals surface area (Å²) in [4.78, 5) is 0. The molecule has 1 aromatic carbocycles. The maximum absolute atomic E-state index is 5.47. The summed E-state index contributed by atoms with van der Waals surface area (Å²) < 4.78 is 16.2. The van der Waals surface area contributed by atoms with E-state index in [9.17, 15) is 0 Å². The van der Waals surface area contributed by atoms with Gasteiger partial charge in [0, 0.05) is 18.7 Å². The average molecular weight is 293 g/mol. The third-order valence-corrected chi connectivity index (χ3v) is 4.28. The van der Waals surface area contributed by atoms with Crippen molar-refractivity contribution in [3.63, 3.8) is 0 Å². The molecule has 21 heavy (non-hydrogen) atoms. The fourth-order valence-electron chi connectivity index (χ4n) is 3.04. The Morgan fingerprint density at radius 3 is 2.10 bits per heavy atom. The lowest BCUT2D eigenvalue weighted by atomic mass is 9.89. The summed E-state index contributed by atoms with van der Waals surface area (Å²) in [5, 5.41) is 3.56. The smallest absolute Gasteiger partial charge is 0.130 e. The quantitative estimate of drug-likeness (QED) is 0.836. The second-order valence-corrected chi connectivity index (χ2v) is 5.65. The fraction of sp³-hybridized carbons (Fsp3) is 0.647. The van der Waals surface area contributed by atoms with E-state index in [1.54, 1.807) is 21.3 Å². The molecule has 0 saturated heterocycles. The number of benzene rings is 1. The Labute approximate surface area is 127 Å². The fourth-order valence-corrected chi connectivity index (χ4v) is 3.04. The van der Waals surface area contributed by atoms with Crippen LogP contribution in [0.5, 0.6) is 17.2 Å². The molecule has 118 valence electrons. The molecule has 0 radical (unpaired) electrons. The van der Waals surface area contributed by atoms with Gasteiger partial charge in [0.25, 0.3) is 0 Å². The Bertz CT molecular complexity index is 417. The molecule has 0 unspecified atom stereocenters. The molecule has 0 atom stereocenters. The number of rotatable bonds is 7. The first-order valence-electron chi connectivity index (χ1n) is 7.78. The summed E-state index contributed by atoms with van der Waals surface area (Å²) in [7, 11) is 5.01. The van der Waals surface area contributed by atoms with E-state index >= 15 is 0 Å². The first-order valence-corrected chi connectivity index (χ1v) is 7.78. The van der Waals surface area contributed by atoms with Gasteiger partial charge in [0.15, 0.2) is 0 Å². The van der Waals surface area contributed by atoms with Crippen LogP contribution >= 0.6 is 0 Å². The zero-order valence-electron chi connectivity index (χ0n) is 13.4. The third-order valence-electron chi connectivity index (χ3n) is 4.28. The highest BCUT2D eigenvalue weighted by Crippen LogP contribution is 2.34. The van der Waals surface area contributed by atoms with Crippen molar-refractivity contribution in [3.05, 3.63) is 17.7 Å². The van der Waals surface area contributed by atoms with Gasteiger partial charge >= 0.3 is 0 Å². The highest BCUT2D eigenvalue weighted by atomic mass is 16.5. The van der Waals surface area contributed by atoms with Crippen LogP contribution in [0.15, 0.2) is 12.1 Å². The van der Waals surface area contributed by atoms with E-state index in [0.29, 0.717) is 0 Å². The van der Waals surface area contributed by atoms with Gasteiger partial charge in [0.1, 0.15) is 17.2 Å². The van der Waals surface area contributed by atoms with Gasteiger partial charge < -0.3 is 19.5 Å². The molecule has 0 spiro atoms. The zero-order chi connectivity index (χ0) is 15.1. The molecule has 1 N–H and O–H groups in total. The molecule has 1 saturated carbocycles. The van der Waals surface area contributed by atoms with Crippen molar-refractivity contribution < 1.29 is 14.2 Å². The number of hydrogen-bond acceptors (Lipinski definition) is 4. The van der Waals surface area contributed by atoms with Gasteiger partial charge in [0.05, 0.1) is 26.9 Å². The summed E-state index contributed by atoms with van der Waals surface area (Å²) >= 11 is 0. The maximum atomic E-state index is 5.47. The number of nitrogens with one attached hydrogen (secondary N) is 1. The average Bonchev–Trinajstić information content (AvgIpc) is 2.55. The highest BCUT2D eigenvalue weighted by molar-refractivity contribution is 5.50. The summed E-state index contributed by atoms with van der Waals surface area (Å²) in [6, 6.07) is 3.81. The third kappa shape index (κ3) is 4.27. The minimum absolute atomic E-state index is 0.750. The topological polar surface area (TPSA) is 39.7 Å². The first kappa shape index (κ1) is 16.0. The van der Waals surface area contributed by atoms with Crippen LogP contribution in [0.4, 0.5) is 0 Å². The molecule has 1 aromatic rings. The van der Waals surface area contributed by atoms with Crippen LogP contribution in [0.1, 0.15) is 37.7 Å². The molecule has 1 fully saturated rings. The van der Waals surface area contributed by atoms with Gasteiger partial charge in [-0.15, -0.1) is 0 Å². The molecule has 1 aliphatic carbocycles. The van der Waals surface area contributed by atoms with Crippen molar-refractivity contribution in [1.29, 1.82) is 0 Å². The summed E-state index contributed by atoms with van der Waals surface area (Å²) in [6.07, 6.45) is 6.85. The van der Waals surface area contributed by atoms with Crippen molar-refractivity contribution in [1.82, 2.24) is 5.32 Å². The SMILES string of the molecule is COc1cc(OC)c(CNCC2CCCCC2)c(OC)c1. The number of ether oxygens (including phenoxy) is 3. The minimum atomic E-state index is 0.750. The lowest BCUT2D eigenvalue weighted by Crippen LogP contribution is -2.24. The van der Waals surface area contributed by atoms with Crippen LogP contribution < -0.4 is 19.5 Å². The Morgan fingerprint density at radius 2 is 1.57 bits per heavy atom. The Hall–Kier alpha value is -1.42. The van der Waals surface area contributed by atoms with E-state index < -0.39 is 0 Å². The van der Waals surface area contributed by atoms with Gasteiger partial charge in [-0.05, 0) is 25.3 Å².